The van der Waals surface area contributed by atoms with E-state index in [9.17, 15) is 14.3 Å². The van der Waals surface area contributed by atoms with Crippen molar-refractivity contribution in [2.24, 2.45) is 0 Å². The molecule has 25 heavy (non-hydrogen) atoms. The molecule has 0 radical (unpaired) electrons. The van der Waals surface area contributed by atoms with Crippen LogP contribution in [0, 0.1) is 5.82 Å². The summed E-state index contributed by atoms with van der Waals surface area (Å²) in [6.07, 6.45) is 2.31. The standard InChI is InChI=1S/C20H18ClFO3/c1-2-12-6-8-14(25-19-9-7-13(22)10-16(19)21)11-15(12)20-17(23)4-3-5-18(20)24/h6-11,23H,2-5H2,1H3. The third-order valence-electron chi connectivity index (χ3n) is 4.24. The third-order valence-corrected chi connectivity index (χ3v) is 4.53. The molecule has 1 aliphatic rings. The van der Waals surface area contributed by atoms with Gasteiger partial charge in [0, 0.05) is 12.8 Å². The maximum absolute atomic E-state index is 13.2. The Kier molecular flexibility index (Phi) is 5.09. The summed E-state index contributed by atoms with van der Waals surface area (Å²) in [5, 5.41) is 10.4. The van der Waals surface area contributed by atoms with Crippen molar-refractivity contribution in [3.63, 3.8) is 0 Å². The highest BCUT2D eigenvalue weighted by Crippen LogP contribution is 2.35. The molecule has 0 spiro atoms. The number of rotatable bonds is 4. The average molecular weight is 361 g/mol. The van der Waals surface area contributed by atoms with Crippen LogP contribution in [0.1, 0.15) is 37.3 Å². The maximum Gasteiger partial charge on any atom is 0.166 e. The molecule has 1 aliphatic carbocycles. The van der Waals surface area contributed by atoms with Gasteiger partial charge in [-0.25, -0.2) is 4.39 Å². The van der Waals surface area contributed by atoms with E-state index in [4.69, 9.17) is 16.3 Å². The van der Waals surface area contributed by atoms with Gasteiger partial charge in [0.2, 0.25) is 0 Å². The fourth-order valence-corrected chi connectivity index (χ4v) is 3.18. The molecule has 0 aromatic heterocycles. The Morgan fingerprint density at radius 1 is 1.20 bits per heavy atom. The molecule has 0 saturated carbocycles. The van der Waals surface area contributed by atoms with Crippen LogP contribution in [0.25, 0.3) is 5.57 Å². The predicted octanol–water partition coefficient (Wildman–Crippen LogP) is 5.86. The third kappa shape index (κ3) is 3.69. The number of carbonyl (C=O) groups excluding carboxylic acids is 1. The Morgan fingerprint density at radius 3 is 2.68 bits per heavy atom. The second-order valence-electron chi connectivity index (χ2n) is 5.95. The van der Waals surface area contributed by atoms with Gasteiger partial charge in [0.25, 0.3) is 0 Å². The summed E-state index contributed by atoms with van der Waals surface area (Å²) in [5.74, 6) is 0.423. The summed E-state index contributed by atoms with van der Waals surface area (Å²) in [6, 6.07) is 9.26. The number of allylic oxidation sites excluding steroid dienone is 2. The van der Waals surface area contributed by atoms with Crippen LogP contribution >= 0.6 is 11.6 Å². The number of aliphatic hydroxyl groups excluding tert-OH is 1. The van der Waals surface area contributed by atoms with Crippen molar-refractivity contribution in [2.45, 2.75) is 32.6 Å². The van der Waals surface area contributed by atoms with Gasteiger partial charge in [0.05, 0.1) is 10.6 Å². The minimum atomic E-state index is -0.442. The van der Waals surface area contributed by atoms with Gasteiger partial charge in [-0.15, -0.1) is 0 Å². The summed E-state index contributed by atoms with van der Waals surface area (Å²) in [6.45, 7) is 1.99. The number of benzene rings is 2. The van der Waals surface area contributed by atoms with Gasteiger partial charge < -0.3 is 9.84 Å². The molecule has 0 bridgehead atoms. The number of halogens is 2. The lowest BCUT2D eigenvalue weighted by Crippen LogP contribution is -2.12. The molecule has 0 saturated heterocycles. The van der Waals surface area contributed by atoms with Crippen molar-refractivity contribution in [3.05, 3.63) is 64.1 Å². The van der Waals surface area contributed by atoms with Gasteiger partial charge in [0.15, 0.2) is 5.78 Å². The quantitative estimate of drug-likeness (QED) is 0.743. The zero-order chi connectivity index (χ0) is 18.0. The number of aryl methyl sites for hydroxylation is 1. The lowest BCUT2D eigenvalue weighted by Gasteiger charge is -2.19. The molecule has 0 heterocycles. The van der Waals surface area contributed by atoms with Crippen molar-refractivity contribution in [2.75, 3.05) is 0 Å². The molecule has 1 N–H and O–H groups in total. The topological polar surface area (TPSA) is 46.5 Å². The van der Waals surface area contributed by atoms with Crippen LogP contribution in [0.15, 0.2) is 42.2 Å². The molecule has 5 heteroatoms. The van der Waals surface area contributed by atoms with E-state index in [2.05, 4.69) is 0 Å². The Morgan fingerprint density at radius 2 is 2.00 bits per heavy atom. The minimum Gasteiger partial charge on any atom is -0.512 e. The largest absolute Gasteiger partial charge is 0.512 e. The second kappa shape index (κ2) is 7.28. The number of aliphatic hydroxyl groups is 1. The monoisotopic (exact) mass is 360 g/mol. The number of hydrogen-bond acceptors (Lipinski definition) is 3. The summed E-state index contributed by atoms with van der Waals surface area (Å²) < 4.78 is 18.9. The maximum atomic E-state index is 13.2. The van der Waals surface area contributed by atoms with Gasteiger partial charge in [0.1, 0.15) is 23.1 Å². The van der Waals surface area contributed by atoms with Crippen molar-refractivity contribution >= 4 is 23.0 Å². The first kappa shape index (κ1) is 17.5. The molecule has 2 aromatic rings. The number of Topliss-reactive ketones (excluding diaryl/α,β-unsaturated/α-hetero) is 1. The van der Waals surface area contributed by atoms with Crippen LogP contribution in [-0.2, 0) is 11.2 Å². The average Bonchev–Trinajstić information content (AvgIpc) is 2.57. The van der Waals surface area contributed by atoms with E-state index in [1.54, 1.807) is 12.1 Å². The summed E-state index contributed by atoms with van der Waals surface area (Å²) >= 11 is 6.00. The smallest absolute Gasteiger partial charge is 0.166 e. The molecule has 0 unspecified atom stereocenters. The van der Waals surface area contributed by atoms with E-state index >= 15 is 0 Å². The van der Waals surface area contributed by atoms with Gasteiger partial charge in [-0.05, 0) is 54.3 Å². The van der Waals surface area contributed by atoms with E-state index in [1.807, 2.05) is 13.0 Å². The Bertz CT molecular complexity index is 858. The molecule has 0 amide bonds. The first-order valence-corrected chi connectivity index (χ1v) is 8.59. The molecule has 0 fully saturated rings. The highest BCUT2D eigenvalue weighted by molar-refractivity contribution is 6.32. The van der Waals surface area contributed by atoms with Crippen LogP contribution in [-0.4, -0.2) is 10.9 Å². The second-order valence-corrected chi connectivity index (χ2v) is 6.35. The van der Waals surface area contributed by atoms with Gasteiger partial charge in [-0.3, -0.25) is 4.79 Å². The SMILES string of the molecule is CCc1ccc(Oc2ccc(F)cc2Cl)cc1C1=C(O)CCCC1=O. The fourth-order valence-electron chi connectivity index (χ4n) is 2.98. The van der Waals surface area contributed by atoms with Crippen LogP contribution < -0.4 is 4.74 Å². The molecule has 2 aromatic carbocycles. The summed E-state index contributed by atoms with van der Waals surface area (Å²) in [4.78, 5) is 12.3. The normalized spacial score (nSPS) is 14.8. The molecular weight excluding hydrogens is 343 g/mol. The highest BCUT2D eigenvalue weighted by atomic mass is 35.5. The van der Waals surface area contributed by atoms with Crippen molar-refractivity contribution in [1.29, 1.82) is 0 Å². The Balaban J connectivity index is 2.02. The lowest BCUT2D eigenvalue weighted by molar-refractivity contribution is -0.114. The zero-order valence-corrected chi connectivity index (χ0v) is 14.6. The summed E-state index contributed by atoms with van der Waals surface area (Å²) in [5.41, 5.74) is 2.01. The number of carbonyl (C=O) groups is 1. The van der Waals surface area contributed by atoms with Crippen molar-refractivity contribution in [3.8, 4) is 11.5 Å². The number of ketones is 1. The molecule has 0 atom stereocenters. The molecule has 3 rings (SSSR count). The van der Waals surface area contributed by atoms with Crippen LogP contribution in [0.5, 0.6) is 11.5 Å². The van der Waals surface area contributed by atoms with Crippen molar-refractivity contribution in [1.82, 2.24) is 0 Å². The fraction of sp³-hybridized carbons (Fsp3) is 0.250. The summed E-state index contributed by atoms with van der Waals surface area (Å²) in [7, 11) is 0. The zero-order valence-electron chi connectivity index (χ0n) is 13.8. The van der Waals surface area contributed by atoms with E-state index in [0.717, 1.165) is 12.0 Å². The van der Waals surface area contributed by atoms with Crippen LogP contribution in [0.2, 0.25) is 5.02 Å². The Labute approximate surface area is 150 Å². The molecular formula is C20H18ClFO3. The van der Waals surface area contributed by atoms with E-state index in [1.165, 1.54) is 18.2 Å². The Hall–Kier alpha value is -2.33. The minimum absolute atomic E-state index is 0.0598. The molecule has 0 aliphatic heterocycles. The molecule has 3 nitrogen and oxygen atoms in total. The lowest BCUT2D eigenvalue weighted by atomic mass is 9.87. The van der Waals surface area contributed by atoms with Crippen LogP contribution in [0.4, 0.5) is 4.39 Å². The van der Waals surface area contributed by atoms with E-state index < -0.39 is 5.82 Å². The number of ether oxygens (including phenoxy) is 1. The number of hydrogen-bond donors (Lipinski definition) is 1. The predicted molar refractivity (Wildman–Crippen MR) is 95.7 cm³/mol. The highest BCUT2D eigenvalue weighted by Gasteiger charge is 2.24. The van der Waals surface area contributed by atoms with Gasteiger partial charge in [-0.2, -0.15) is 0 Å². The first-order chi connectivity index (χ1) is 12.0. The van der Waals surface area contributed by atoms with E-state index in [-0.39, 0.29) is 16.6 Å². The first-order valence-electron chi connectivity index (χ1n) is 8.21. The van der Waals surface area contributed by atoms with Gasteiger partial charge >= 0.3 is 0 Å². The van der Waals surface area contributed by atoms with Gasteiger partial charge in [-0.1, -0.05) is 24.6 Å². The van der Waals surface area contributed by atoms with E-state index in [0.29, 0.717) is 41.9 Å². The van der Waals surface area contributed by atoms with Crippen molar-refractivity contribution < 1.29 is 19.0 Å². The molecule has 130 valence electrons. The van der Waals surface area contributed by atoms with Crippen LogP contribution in [0.3, 0.4) is 0 Å².